The van der Waals surface area contributed by atoms with E-state index in [-0.39, 0.29) is 23.3 Å². The van der Waals surface area contributed by atoms with E-state index in [1.165, 1.54) is 16.8 Å². The molecule has 1 saturated heterocycles. The summed E-state index contributed by atoms with van der Waals surface area (Å²) < 4.78 is 7.08. The summed E-state index contributed by atoms with van der Waals surface area (Å²) in [4.78, 5) is 26.9. The van der Waals surface area contributed by atoms with Crippen LogP contribution in [0.25, 0.3) is 5.69 Å². The Hall–Kier alpha value is -3.25. The zero-order chi connectivity index (χ0) is 18.6. The SMILES string of the molecule is O=C(c1ccc(=O)n(-c2ccccc2)n1)N1CCOC(c2ccccc2)C1. The molecule has 0 bridgehead atoms. The summed E-state index contributed by atoms with van der Waals surface area (Å²) >= 11 is 0. The predicted molar refractivity (Wildman–Crippen MR) is 101 cm³/mol. The van der Waals surface area contributed by atoms with E-state index in [0.29, 0.717) is 25.4 Å². The molecular formula is C21H19N3O3. The number of ether oxygens (including phenoxy) is 1. The summed E-state index contributed by atoms with van der Waals surface area (Å²) in [6.07, 6.45) is -0.163. The Morgan fingerprint density at radius 2 is 1.67 bits per heavy atom. The van der Waals surface area contributed by atoms with Gasteiger partial charge in [0.2, 0.25) is 0 Å². The Labute approximate surface area is 156 Å². The molecule has 6 nitrogen and oxygen atoms in total. The van der Waals surface area contributed by atoms with E-state index >= 15 is 0 Å². The second-order valence-corrected chi connectivity index (χ2v) is 6.33. The van der Waals surface area contributed by atoms with Crippen LogP contribution in [0.1, 0.15) is 22.2 Å². The highest BCUT2D eigenvalue weighted by Crippen LogP contribution is 2.22. The molecule has 1 aromatic heterocycles. The van der Waals surface area contributed by atoms with Crippen LogP contribution in [-0.4, -0.2) is 40.3 Å². The lowest BCUT2D eigenvalue weighted by Crippen LogP contribution is -2.43. The average Bonchev–Trinajstić information content (AvgIpc) is 2.75. The molecule has 1 aliphatic heterocycles. The topological polar surface area (TPSA) is 64.4 Å². The second-order valence-electron chi connectivity index (χ2n) is 6.33. The molecular weight excluding hydrogens is 342 g/mol. The van der Waals surface area contributed by atoms with E-state index in [2.05, 4.69) is 5.10 Å². The number of carbonyl (C=O) groups is 1. The quantitative estimate of drug-likeness (QED) is 0.719. The maximum atomic E-state index is 13.0. The molecule has 2 aromatic carbocycles. The molecule has 4 rings (SSSR count). The molecule has 6 heteroatoms. The fourth-order valence-electron chi connectivity index (χ4n) is 3.14. The zero-order valence-corrected chi connectivity index (χ0v) is 14.7. The molecule has 27 heavy (non-hydrogen) atoms. The molecule has 1 atom stereocenters. The minimum Gasteiger partial charge on any atom is -0.370 e. The number of aromatic nitrogens is 2. The van der Waals surface area contributed by atoms with Crippen molar-refractivity contribution in [1.29, 1.82) is 0 Å². The van der Waals surface area contributed by atoms with Crippen molar-refractivity contribution in [2.75, 3.05) is 19.7 Å². The van der Waals surface area contributed by atoms with Crippen LogP contribution in [0.3, 0.4) is 0 Å². The lowest BCUT2D eigenvalue weighted by molar-refractivity contribution is -0.0230. The zero-order valence-electron chi connectivity index (χ0n) is 14.7. The van der Waals surface area contributed by atoms with Crippen LogP contribution in [0.5, 0.6) is 0 Å². The number of hydrogen-bond donors (Lipinski definition) is 0. The van der Waals surface area contributed by atoms with Crippen LogP contribution < -0.4 is 5.56 Å². The number of morpholine rings is 1. The number of carbonyl (C=O) groups excluding carboxylic acids is 1. The maximum absolute atomic E-state index is 13.0. The van der Waals surface area contributed by atoms with Gasteiger partial charge < -0.3 is 9.64 Å². The van der Waals surface area contributed by atoms with Gasteiger partial charge in [-0.25, -0.2) is 0 Å². The van der Waals surface area contributed by atoms with Crippen molar-refractivity contribution >= 4 is 5.91 Å². The Morgan fingerprint density at radius 3 is 2.41 bits per heavy atom. The third-order valence-corrected chi connectivity index (χ3v) is 4.55. The fraction of sp³-hybridized carbons (Fsp3) is 0.190. The molecule has 1 fully saturated rings. The lowest BCUT2D eigenvalue weighted by Gasteiger charge is -2.33. The Morgan fingerprint density at radius 1 is 0.963 bits per heavy atom. The van der Waals surface area contributed by atoms with Gasteiger partial charge in [0.15, 0.2) is 0 Å². The Kier molecular flexibility index (Phi) is 4.80. The lowest BCUT2D eigenvalue weighted by atomic mass is 10.1. The summed E-state index contributed by atoms with van der Waals surface area (Å²) in [5.41, 5.74) is 1.63. The van der Waals surface area contributed by atoms with Crippen molar-refractivity contribution in [3.8, 4) is 5.69 Å². The van der Waals surface area contributed by atoms with E-state index in [9.17, 15) is 9.59 Å². The third kappa shape index (κ3) is 3.66. The van der Waals surface area contributed by atoms with Crippen molar-refractivity contribution in [2.45, 2.75) is 6.10 Å². The van der Waals surface area contributed by atoms with Crippen LogP contribution in [-0.2, 0) is 4.74 Å². The molecule has 0 aliphatic carbocycles. The number of para-hydroxylation sites is 1. The molecule has 0 radical (unpaired) electrons. The van der Waals surface area contributed by atoms with E-state index < -0.39 is 0 Å². The molecule has 2 heterocycles. The van der Waals surface area contributed by atoms with Gasteiger partial charge in [0.25, 0.3) is 11.5 Å². The van der Waals surface area contributed by atoms with E-state index in [4.69, 9.17) is 4.74 Å². The van der Waals surface area contributed by atoms with E-state index in [1.807, 2.05) is 48.5 Å². The van der Waals surface area contributed by atoms with Crippen molar-refractivity contribution in [3.05, 3.63) is 94.4 Å². The number of rotatable bonds is 3. The number of nitrogens with zero attached hydrogens (tertiary/aromatic N) is 3. The Balaban J connectivity index is 1.58. The van der Waals surface area contributed by atoms with Crippen LogP contribution in [0.15, 0.2) is 77.6 Å². The van der Waals surface area contributed by atoms with Crippen molar-refractivity contribution in [1.82, 2.24) is 14.7 Å². The standard InChI is InChI=1S/C21H19N3O3/c25-20-12-11-18(22-24(20)17-9-5-2-6-10-17)21(26)23-13-14-27-19(15-23)16-7-3-1-4-8-16/h1-12,19H,13-15H2. The monoisotopic (exact) mass is 361 g/mol. The highest BCUT2D eigenvalue weighted by Gasteiger charge is 2.27. The van der Waals surface area contributed by atoms with Crippen molar-refractivity contribution in [3.63, 3.8) is 0 Å². The van der Waals surface area contributed by atoms with Gasteiger partial charge >= 0.3 is 0 Å². The highest BCUT2D eigenvalue weighted by molar-refractivity contribution is 5.92. The van der Waals surface area contributed by atoms with Crippen molar-refractivity contribution < 1.29 is 9.53 Å². The first-order chi connectivity index (χ1) is 13.2. The minimum atomic E-state index is -0.276. The smallest absolute Gasteiger partial charge is 0.274 e. The highest BCUT2D eigenvalue weighted by atomic mass is 16.5. The van der Waals surface area contributed by atoms with Gasteiger partial charge in [0.05, 0.1) is 18.8 Å². The van der Waals surface area contributed by atoms with Crippen molar-refractivity contribution in [2.24, 2.45) is 0 Å². The third-order valence-electron chi connectivity index (χ3n) is 4.55. The molecule has 3 aromatic rings. The largest absolute Gasteiger partial charge is 0.370 e. The molecule has 1 amide bonds. The first-order valence-electron chi connectivity index (χ1n) is 8.84. The summed E-state index contributed by atoms with van der Waals surface area (Å²) in [6, 6.07) is 21.8. The molecule has 0 N–H and O–H groups in total. The van der Waals surface area contributed by atoms with Gasteiger partial charge in [-0.15, -0.1) is 0 Å². The molecule has 1 aliphatic rings. The van der Waals surface area contributed by atoms with Crippen LogP contribution in [0, 0.1) is 0 Å². The average molecular weight is 361 g/mol. The van der Waals surface area contributed by atoms with E-state index in [0.717, 1.165) is 5.56 Å². The molecule has 0 saturated carbocycles. The molecule has 136 valence electrons. The first-order valence-corrected chi connectivity index (χ1v) is 8.84. The molecule has 1 unspecified atom stereocenters. The van der Waals surface area contributed by atoms with Gasteiger partial charge in [-0.2, -0.15) is 9.78 Å². The summed E-state index contributed by atoms with van der Waals surface area (Å²) in [5.74, 6) is -0.205. The number of benzene rings is 2. The fourth-order valence-corrected chi connectivity index (χ4v) is 3.14. The van der Waals surface area contributed by atoms with Gasteiger partial charge in [-0.05, 0) is 23.8 Å². The molecule has 0 spiro atoms. The maximum Gasteiger partial charge on any atom is 0.274 e. The van der Waals surface area contributed by atoms with Gasteiger partial charge in [-0.3, -0.25) is 9.59 Å². The normalized spacial score (nSPS) is 16.9. The van der Waals surface area contributed by atoms with Gasteiger partial charge in [0.1, 0.15) is 11.8 Å². The van der Waals surface area contributed by atoms with Crippen LogP contribution in [0.4, 0.5) is 0 Å². The first kappa shape index (κ1) is 17.2. The van der Waals surface area contributed by atoms with Crippen LogP contribution in [0.2, 0.25) is 0 Å². The minimum absolute atomic E-state index is 0.163. The number of hydrogen-bond acceptors (Lipinski definition) is 4. The second kappa shape index (κ2) is 7.55. The predicted octanol–water partition coefficient (Wildman–Crippen LogP) is 2.45. The van der Waals surface area contributed by atoms with Gasteiger partial charge in [0, 0.05) is 12.6 Å². The summed E-state index contributed by atoms with van der Waals surface area (Å²) in [7, 11) is 0. The van der Waals surface area contributed by atoms with E-state index in [1.54, 1.807) is 17.0 Å². The summed E-state index contributed by atoms with van der Waals surface area (Å²) in [6.45, 7) is 1.41. The van der Waals surface area contributed by atoms with Crippen LogP contribution >= 0.6 is 0 Å². The number of amides is 1. The van der Waals surface area contributed by atoms with Gasteiger partial charge in [-0.1, -0.05) is 48.5 Å². The summed E-state index contributed by atoms with van der Waals surface area (Å²) in [5, 5.41) is 4.29. The Bertz CT molecular complexity index is 986.